The lowest BCUT2D eigenvalue weighted by Crippen LogP contribution is -2.61. The van der Waals surface area contributed by atoms with Crippen molar-refractivity contribution in [2.45, 2.75) is 57.7 Å². The van der Waals surface area contributed by atoms with Crippen LogP contribution in [0, 0.1) is 11.8 Å². The fourth-order valence-corrected chi connectivity index (χ4v) is 4.85. The van der Waals surface area contributed by atoms with Crippen LogP contribution in [0.25, 0.3) is 0 Å². The maximum atomic E-state index is 13.3. The minimum absolute atomic E-state index is 0.106. The second kappa shape index (κ2) is 11.4. The molecule has 0 bridgehead atoms. The number of aliphatic carboxylic acids is 1. The van der Waals surface area contributed by atoms with Crippen LogP contribution in [0.15, 0.2) is 30.3 Å². The van der Waals surface area contributed by atoms with Crippen LogP contribution in [-0.4, -0.2) is 72.3 Å². The molecule has 2 N–H and O–H groups in total. The van der Waals surface area contributed by atoms with Gasteiger partial charge in [-0.1, -0.05) is 30.3 Å². The molecule has 176 valence electrons. The van der Waals surface area contributed by atoms with Gasteiger partial charge in [0.05, 0.1) is 12.6 Å². The average Bonchev–Trinajstić information content (AvgIpc) is 2.80. The highest BCUT2D eigenvalue weighted by Crippen LogP contribution is 2.35. The SMILES string of the molecule is CCOC(=O)C(CCc1ccccc1)N[C@@H](C)C(=O)N1CCC2COCCC2[C@H]1C(=O)O. The molecule has 1 aromatic rings. The maximum absolute atomic E-state index is 13.3. The first-order chi connectivity index (χ1) is 15.4. The number of esters is 1. The average molecular weight is 447 g/mol. The Hall–Kier alpha value is -2.45. The number of nitrogens with zero attached hydrogens (tertiary/aromatic N) is 1. The molecule has 5 atom stereocenters. The predicted molar refractivity (Wildman–Crippen MR) is 118 cm³/mol. The third kappa shape index (κ3) is 5.86. The van der Waals surface area contributed by atoms with Crippen molar-refractivity contribution < 1.29 is 29.0 Å². The summed E-state index contributed by atoms with van der Waals surface area (Å²) in [6, 6.07) is 7.58. The molecule has 2 aliphatic rings. The van der Waals surface area contributed by atoms with Crippen molar-refractivity contribution in [3.8, 4) is 0 Å². The van der Waals surface area contributed by atoms with Crippen molar-refractivity contribution >= 4 is 17.8 Å². The predicted octanol–water partition coefficient (Wildman–Crippen LogP) is 1.87. The van der Waals surface area contributed by atoms with E-state index in [1.165, 1.54) is 4.90 Å². The molecule has 2 fully saturated rings. The highest BCUT2D eigenvalue weighted by Gasteiger charge is 2.46. The molecular formula is C24H34N2O6. The van der Waals surface area contributed by atoms with Gasteiger partial charge < -0.3 is 19.5 Å². The Morgan fingerprint density at radius 2 is 2.00 bits per heavy atom. The summed E-state index contributed by atoms with van der Waals surface area (Å²) in [4.78, 5) is 39.4. The number of hydrogen-bond acceptors (Lipinski definition) is 6. The first kappa shape index (κ1) is 24.2. The molecule has 8 nitrogen and oxygen atoms in total. The van der Waals surface area contributed by atoms with Gasteiger partial charge in [-0.25, -0.2) is 4.79 Å². The van der Waals surface area contributed by atoms with E-state index in [9.17, 15) is 19.5 Å². The second-order valence-corrected chi connectivity index (χ2v) is 8.61. The molecule has 2 aliphatic heterocycles. The molecule has 2 saturated heterocycles. The van der Waals surface area contributed by atoms with Gasteiger partial charge in [0, 0.05) is 19.8 Å². The highest BCUT2D eigenvalue weighted by atomic mass is 16.5. The van der Waals surface area contributed by atoms with Crippen molar-refractivity contribution in [2.75, 3.05) is 26.4 Å². The topological polar surface area (TPSA) is 105 Å². The van der Waals surface area contributed by atoms with E-state index in [4.69, 9.17) is 9.47 Å². The van der Waals surface area contributed by atoms with Crippen LogP contribution in [0.2, 0.25) is 0 Å². The fraction of sp³-hybridized carbons (Fsp3) is 0.625. The van der Waals surface area contributed by atoms with Gasteiger partial charge in [-0.05, 0) is 56.9 Å². The van der Waals surface area contributed by atoms with Crippen molar-refractivity contribution in [1.29, 1.82) is 0 Å². The number of fused-ring (bicyclic) bond motifs is 1. The molecule has 2 heterocycles. The number of carbonyl (C=O) groups is 3. The Labute approximate surface area is 189 Å². The summed E-state index contributed by atoms with van der Waals surface area (Å²) in [6.45, 7) is 5.13. The van der Waals surface area contributed by atoms with Gasteiger partial charge >= 0.3 is 11.9 Å². The summed E-state index contributed by atoms with van der Waals surface area (Å²) < 4.78 is 10.7. The number of amides is 1. The molecule has 0 spiro atoms. The van der Waals surface area contributed by atoms with Gasteiger partial charge in [-0.2, -0.15) is 0 Å². The van der Waals surface area contributed by atoms with E-state index in [0.29, 0.717) is 39.0 Å². The van der Waals surface area contributed by atoms with Gasteiger partial charge in [0.1, 0.15) is 12.1 Å². The molecule has 0 aliphatic carbocycles. The summed E-state index contributed by atoms with van der Waals surface area (Å²) in [6.07, 6.45) is 2.49. The number of ether oxygens (including phenoxy) is 2. The first-order valence-electron chi connectivity index (χ1n) is 11.5. The van der Waals surface area contributed by atoms with Crippen LogP contribution in [0.4, 0.5) is 0 Å². The lowest BCUT2D eigenvalue weighted by Gasteiger charge is -2.46. The maximum Gasteiger partial charge on any atom is 0.326 e. The standard InChI is InChI=1S/C24H34N2O6/c1-3-32-24(30)20(10-9-17-7-5-4-6-8-17)25-16(2)22(27)26-13-11-18-15-31-14-12-19(18)21(26)23(28)29/h4-8,16,18-21,25H,3,9-15H2,1-2H3,(H,28,29)/t16-,18?,19?,20?,21-/m0/s1. The van der Waals surface area contributed by atoms with Crippen LogP contribution < -0.4 is 5.32 Å². The van der Waals surface area contributed by atoms with Gasteiger partial charge in [0.25, 0.3) is 0 Å². The number of carboxylic acid groups (broad SMARTS) is 1. The third-order valence-electron chi connectivity index (χ3n) is 6.51. The normalized spacial score (nSPS) is 24.8. The smallest absolute Gasteiger partial charge is 0.326 e. The van der Waals surface area contributed by atoms with E-state index in [-0.39, 0.29) is 24.3 Å². The quantitative estimate of drug-likeness (QED) is 0.558. The van der Waals surface area contributed by atoms with E-state index >= 15 is 0 Å². The Morgan fingerprint density at radius 1 is 1.25 bits per heavy atom. The Balaban J connectivity index is 1.68. The van der Waals surface area contributed by atoms with E-state index in [1.54, 1.807) is 13.8 Å². The molecule has 1 aromatic carbocycles. The van der Waals surface area contributed by atoms with Crippen molar-refractivity contribution in [2.24, 2.45) is 11.8 Å². The van der Waals surface area contributed by atoms with E-state index in [1.807, 2.05) is 30.3 Å². The lowest BCUT2D eigenvalue weighted by molar-refractivity contribution is -0.162. The highest BCUT2D eigenvalue weighted by molar-refractivity contribution is 5.88. The molecule has 0 radical (unpaired) electrons. The molecule has 3 unspecified atom stereocenters. The number of hydrogen-bond donors (Lipinski definition) is 2. The Kier molecular flexibility index (Phi) is 8.64. The largest absolute Gasteiger partial charge is 0.480 e. The van der Waals surface area contributed by atoms with Gasteiger partial charge in [0.15, 0.2) is 0 Å². The Bertz CT molecular complexity index is 786. The molecule has 3 rings (SSSR count). The molecule has 8 heteroatoms. The second-order valence-electron chi connectivity index (χ2n) is 8.61. The Morgan fingerprint density at radius 3 is 2.69 bits per heavy atom. The zero-order valence-corrected chi connectivity index (χ0v) is 18.9. The van der Waals surface area contributed by atoms with Crippen molar-refractivity contribution in [1.82, 2.24) is 10.2 Å². The summed E-state index contributed by atoms with van der Waals surface area (Å²) in [5.41, 5.74) is 1.09. The molecule has 32 heavy (non-hydrogen) atoms. The summed E-state index contributed by atoms with van der Waals surface area (Å²) in [5.74, 6) is -1.62. The first-order valence-corrected chi connectivity index (χ1v) is 11.5. The van der Waals surface area contributed by atoms with Crippen molar-refractivity contribution in [3.63, 3.8) is 0 Å². The van der Waals surface area contributed by atoms with Crippen LogP contribution in [0.5, 0.6) is 0 Å². The number of likely N-dealkylation sites (tertiary alicyclic amines) is 1. The summed E-state index contributed by atoms with van der Waals surface area (Å²) in [5, 5.41) is 13.0. The molecule has 0 aromatic heterocycles. The number of carbonyl (C=O) groups excluding carboxylic acids is 2. The monoisotopic (exact) mass is 446 g/mol. The van der Waals surface area contributed by atoms with Crippen LogP contribution >= 0.6 is 0 Å². The van der Waals surface area contributed by atoms with E-state index in [0.717, 1.165) is 12.0 Å². The number of nitrogens with one attached hydrogen (secondary N) is 1. The zero-order chi connectivity index (χ0) is 23.1. The van der Waals surface area contributed by atoms with Crippen molar-refractivity contribution in [3.05, 3.63) is 35.9 Å². The fourth-order valence-electron chi connectivity index (χ4n) is 4.85. The summed E-state index contributed by atoms with van der Waals surface area (Å²) in [7, 11) is 0. The van der Waals surface area contributed by atoms with E-state index in [2.05, 4.69) is 5.32 Å². The molecule has 0 saturated carbocycles. The van der Waals surface area contributed by atoms with Gasteiger partial charge in [0.2, 0.25) is 5.91 Å². The van der Waals surface area contributed by atoms with Crippen LogP contribution in [0.3, 0.4) is 0 Å². The molecular weight excluding hydrogens is 412 g/mol. The minimum atomic E-state index is -0.979. The number of piperidine rings is 1. The zero-order valence-electron chi connectivity index (χ0n) is 18.9. The van der Waals surface area contributed by atoms with Gasteiger partial charge in [-0.15, -0.1) is 0 Å². The van der Waals surface area contributed by atoms with E-state index < -0.39 is 30.1 Å². The lowest BCUT2D eigenvalue weighted by atomic mass is 9.76. The summed E-state index contributed by atoms with van der Waals surface area (Å²) >= 11 is 0. The number of aryl methyl sites for hydroxylation is 1. The third-order valence-corrected chi connectivity index (χ3v) is 6.51. The van der Waals surface area contributed by atoms with Gasteiger partial charge in [-0.3, -0.25) is 14.9 Å². The number of benzene rings is 1. The van der Waals surface area contributed by atoms with Crippen LogP contribution in [-0.2, 0) is 30.3 Å². The minimum Gasteiger partial charge on any atom is -0.480 e. The number of carboxylic acids is 1. The number of rotatable bonds is 9. The molecule has 1 amide bonds. The van der Waals surface area contributed by atoms with Crippen LogP contribution in [0.1, 0.15) is 38.7 Å².